The van der Waals surface area contributed by atoms with E-state index in [-0.39, 0.29) is 12.6 Å². The summed E-state index contributed by atoms with van der Waals surface area (Å²) in [5, 5.41) is 12.3. The van der Waals surface area contributed by atoms with Crippen LogP contribution in [0.25, 0.3) is 0 Å². The number of halogens is 1. The molecule has 1 rings (SSSR count). The van der Waals surface area contributed by atoms with Gasteiger partial charge in [-0.25, -0.2) is 4.98 Å². The van der Waals surface area contributed by atoms with Crippen LogP contribution in [0, 0.1) is 12.8 Å². The summed E-state index contributed by atoms with van der Waals surface area (Å²) < 4.78 is 1.02. The van der Waals surface area contributed by atoms with Gasteiger partial charge in [-0.05, 0) is 47.3 Å². The van der Waals surface area contributed by atoms with Crippen molar-refractivity contribution in [1.82, 2.24) is 4.98 Å². The van der Waals surface area contributed by atoms with Gasteiger partial charge in [0.25, 0.3) is 0 Å². The molecule has 0 aliphatic carbocycles. The molecular formula is C12H19BrN2O. The molecule has 0 spiro atoms. The molecule has 0 bridgehead atoms. The predicted octanol–water partition coefficient (Wildman–Crippen LogP) is 2.97. The number of nitrogens with one attached hydrogen (secondary N) is 1. The highest BCUT2D eigenvalue weighted by Gasteiger charge is 2.13. The van der Waals surface area contributed by atoms with Crippen molar-refractivity contribution >= 4 is 21.7 Å². The molecule has 1 aromatic heterocycles. The Bertz CT molecular complexity index is 342. The highest BCUT2D eigenvalue weighted by molar-refractivity contribution is 9.10. The fourth-order valence-electron chi connectivity index (χ4n) is 1.53. The average molecular weight is 287 g/mol. The summed E-state index contributed by atoms with van der Waals surface area (Å²) in [4.78, 5) is 4.44. The van der Waals surface area contributed by atoms with Crippen molar-refractivity contribution in [2.75, 3.05) is 11.9 Å². The molecule has 3 nitrogen and oxygen atoms in total. The lowest BCUT2D eigenvalue weighted by molar-refractivity contribution is 0.267. The fourth-order valence-corrected chi connectivity index (χ4v) is 1.75. The summed E-state index contributed by atoms with van der Waals surface area (Å²) >= 11 is 3.42. The summed E-state index contributed by atoms with van der Waals surface area (Å²) in [5.41, 5.74) is 0.969. The summed E-state index contributed by atoms with van der Waals surface area (Å²) in [7, 11) is 0. The maximum absolute atomic E-state index is 8.99. The van der Waals surface area contributed by atoms with E-state index in [1.807, 2.05) is 19.1 Å². The molecule has 16 heavy (non-hydrogen) atoms. The normalized spacial score (nSPS) is 12.9. The third-order valence-electron chi connectivity index (χ3n) is 2.60. The highest BCUT2D eigenvalue weighted by Crippen LogP contribution is 2.18. The van der Waals surface area contributed by atoms with Crippen LogP contribution < -0.4 is 5.32 Å². The van der Waals surface area contributed by atoms with Crippen molar-refractivity contribution < 1.29 is 5.11 Å². The largest absolute Gasteiger partial charge is 0.396 e. The van der Waals surface area contributed by atoms with Gasteiger partial charge in [-0.3, -0.25) is 0 Å². The molecule has 0 aromatic carbocycles. The van der Waals surface area contributed by atoms with E-state index in [2.05, 4.69) is 40.1 Å². The van der Waals surface area contributed by atoms with Crippen LogP contribution in [0.2, 0.25) is 0 Å². The second-order valence-electron chi connectivity index (χ2n) is 4.27. The molecule has 0 saturated heterocycles. The SMILES string of the molecule is Cc1nc(NC(CCO)C(C)C)ccc1Br. The Morgan fingerprint density at radius 2 is 2.12 bits per heavy atom. The second-order valence-corrected chi connectivity index (χ2v) is 5.13. The molecule has 0 aliphatic rings. The monoisotopic (exact) mass is 286 g/mol. The molecule has 0 radical (unpaired) electrons. The van der Waals surface area contributed by atoms with Crippen LogP contribution in [0.4, 0.5) is 5.82 Å². The van der Waals surface area contributed by atoms with E-state index in [0.29, 0.717) is 5.92 Å². The highest BCUT2D eigenvalue weighted by atomic mass is 79.9. The van der Waals surface area contributed by atoms with Crippen molar-refractivity contribution in [3.8, 4) is 0 Å². The number of aryl methyl sites for hydroxylation is 1. The lowest BCUT2D eigenvalue weighted by Crippen LogP contribution is -2.27. The van der Waals surface area contributed by atoms with Crippen molar-refractivity contribution in [3.63, 3.8) is 0 Å². The molecule has 90 valence electrons. The number of pyridine rings is 1. The first-order chi connectivity index (χ1) is 7.54. The first-order valence-electron chi connectivity index (χ1n) is 5.55. The zero-order valence-electron chi connectivity index (χ0n) is 10.00. The van der Waals surface area contributed by atoms with Crippen LogP contribution in [-0.4, -0.2) is 22.7 Å². The minimum Gasteiger partial charge on any atom is -0.396 e. The van der Waals surface area contributed by atoms with E-state index in [9.17, 15) is 0 Å². The van der Waals surface area contributed by atoms with Crippen molar-refractivity contribution in [1.29, 1.82) is 0 Å². The van der Waals surface area contributed by atoms with Crippen molar-refractivity contribution in [2.45, 2.75) is 33.2 Å². The Morgan fingerprint density at radius 3 is 2.62 bits per heavy atom. The van der Waals surface area contributed by atoms with E-state index >= 15 is 0 Å². The van der Waals surface area contributed by atoms with E-state index in [0.717, 1.165) is 22.4 Å². The van der Waals surface area contributed by atoms with Gasteiger partial charge < -0.3 is 10.4 Å². The Kier molecular flexibility index (Phi) is 5.22. The van der Waals surface area contributed by atoms with E-state index in [1.165, 1.54) is 0 Å². The third-order valence-corrected chi connectivity index (χ3v) is 3.44. The number of hydrogen-bond acceptors (Lipinski definition) is 3. The minimum absolute atomic E-state index is 0.200. The molecular weight excluding hydrogens is 268 g/mol. The minimum atomic E-state index is 0.200. The summed E-state index contributed by atoms with van der Waals surface area (Å²) in [6.07, 6.45) is 0.745. The first-order valence-corrected chi connectivity index (χ1v) is 6.34. The van der Waals surface area contributed by atoms with E-state index in [4.69, 9.17) is 5.11 Å². The van der Waals surface area contributed by atoms with Gasteiger partial charge in [-0.15, -0.1) is 0 Å². The van der Waals surface area contributed by atoms with Gasteiger partial charge in [-0.2, -0.15) is 0 Å². The van der Waals surface area contributed by atoms with Crippen LogP contribution >= 0.6 is 15.9 Å². The van der Waals surface area contributed by atoms with Crippen LogP contribution in [0.1, 0.15) is 26.0 Å². The molecule has 1 unspecified atom stereocenters. The fraction of sp³-hybridized carbons (Fsp3) is 0.583. The Balaban J connectivity index is 2.73. The van der Waals surface area contributed by atoms with Gasteiger partial charge in [0.15, 0.2) is 0 Å². The maximum atomic E-state index is 8.99. The number of nitrogens with zero attached hydrogens (tertiary/aromatic N) is 1. The molecule has 0 saturated carbocycles. The van der Waals surface area contributed by atoms with Crippen LogP contribution in [0.15, 0.2) is 16.6 Å². The first kappa shape index (κ1) is 13.5. The molecule has 0 fully saturated rings. The van der Waals surface area contributed by atoms with Gasteiger partial charge in [0.1, 0.15) is 5.82 Å². The van der Waals surface area contributed by atoms with Gasteiger partial charge in [0.05, 0.1) is 5.69 Å². The summed E-state index contributed by atoms with van der Waals surface area (Å²) in [6, 6.07) is 4.20. The average Bonchev–Trinajstić information content (AvgIpc) is 2.22. The topological polar surface area (TPSA) is 45.2 Å². The van der Waals surface area contributed by atoms with Crippen LogP contribution in [0.3, 0.4) is 0 Å². The van der Waals surface area contributed by atoms with Crippen molar-refractivity contribution in [3.05, 3.63) is 22.3 Å². The number of aliphatic hydroxyl groups excluding tert-OH is 1. The van der Waals surface area contributed by atoms with E-state index in [1.54, 1.807) is 0 Å². The second kappa shape index (κ2) is 6.21. The quantitative estimate of drug-likeness (QED) is 0.875. The summed E-state index contributed by atoms with van der Waals surface area (Å²) in [6.45, 7) is 6.44. The van der Waals surface area contributed by atoms with Crippen LogP contribution in [0.5, 0.6) is 0 Å². The Hall–Kier alpha value is -0.610. The molecule has 1 aromatic rings. The smallest absolute Gasteiger partial charge is 0.126 e. The van der Waals surface area contributed by atoms with Crippen LogP contribution in [-0.2, 0) is 0 Å². The molecule has 0 aliphatic heterocycles. The molecule has 2 N–H and O–H groups in total. The lowest BCUT2D eigenvalue weighted by atomic mass is 10.0. The lowest BCUT2D eigenvalue weighted by Gasteiger charge is -2.22. The number of aliphatic hydroxyl groups is 1. The van der Waals surface area contributed by atoms with E-state index < -0.39 is 0 Å². The molecule has 1 heterocycles. The van der Waals surface area contributed by atoms with Crippen molar-refractivity contribution in [2.24, 2.45) is 5.92 Å². The Morgan fingerprint density at radius 1 is 1.44 bits per heavy atom. The third kappa shape index (κ3) is 3.76. The predicted molar refractivity (Wildman–Crippen MR) is 70.6 cm³/mol. The molecule has 4 heteroatoms. The van der Waals surface area contributed by atoms with Gasteiger partial charge in [-0.1, -0.05) is 13.8 Å². The zero-order valence-corrected chi connectivity index (χ0v) is 11.6. The number of hydrogen-bond donors (Lipinski definition) is 2. The standard InChI is InChI=1S/C12H19BrN2O/c1-8(2)11(6-7-16)15-12-5-4-10(13)9(3)14-12/h4-5,8,11,16H,6-7H2,1-3H3,(H,14,15). The zero-order chi connectivity index (χ0) is 12.1. The van der Waals surface area contributed by atoms with Gasteiger partial charge >= 0.3 is 0 Å². The number of aromatic nitrogens is 1. The van der Waals surface area contributed by atoms with Gasteiger partial charge in [0, 0.05) is 17.1 Å². The molecule has 0 amide bonds. The maximum Gasteiger partial charge on any atom is 0.126 e. The molecule has 1 atom stereocenters. The number of anilines is 1. The summed E-state index contributed by atoms with van der Waals surface area (Å²) in [5.74, 6) is 1.34. The van der Waals surface area contributed by atoms with Gasteiger partial charge in [0.2, 0.25) is 0 Å². The Labute approximate surface area is 105 Å². The number of rotatable bonds is 5.